The number of likely N-dealkylation sites (N-methyl/N-ethyl adjacent to an activating group) is 1. The highest BCUT2D eigenvalue weighted by atomic mass is 16.5. The number of amides is 2. The van der Waals surface area contributed by atoms with Crippen LogP contribution in [0.3, 0.4) is 0 Å². The SMILES string of the molecule is CN(C(=O)c1ccc2c(c1)c1c(n2C)CC[C@H](C2CCOCC2)C1)[C@@H](CO)CCC(=O)NC1COC1. The molecule has 36 heavy (non-hydrogen) atoms. The number of ether oxygens (including phenoxy) is 2. The molecule has 2 aromatic rings. The number of rotatable bonds is 8. The van der Waals surface area contributed by atoms with Crippen LogP contribution < -0.4 is 5.32 Å². The second-order valence-corrected chi connectivity index (χ2v) is 10.8. The second-order valence-electron chi connectivity index (χ2n) is 10.8. The summed E-state index contributed by atoms with van der Waals surface area (Å²) in [6.45, 7) is 2.66. The summed E-state index contributed by atoms with van der Waals surface area (Å²) in [6.07, 6.45) is 6.32. The van der Waals surface area contributed by atoms with Crippen molar-refractivity contribution >= 4 is 22.7 Å². The maximum absolute atomic E-state index is 13.4. The number of aryl methyl sites for hydroxylation is 1. The maximum Gasteiger partial charge on any atom is 0.253 e. The Morgan fingerprint density at radius 3 is 2.64 bits per heavy atom. The van der Waals surface area contributed by atoms with Crippen molar-refractivity contribution in [3.8, 4) is 0 Å². The lowest BCUT2D eigenvalue weighted by molar-refractivity contribution is -0.125. The van der Waals surface area contributed by atoms with E-state index in [2.05, 4.69) is 23.0 Å². The Kier molecular flexibility index (Phi) is 7.65. The number of aromatic nitrogens is 1. The Balaban J connectivity index is 1.30. The molecule has 2 fully saturated rings. The number of carbonyl (C=O) groups excluding carboxylic acids is 2. The highest BCUT2D eigenvalue weighted by Crippen LogP contribution is 2.39. The van der Waals surface area contributed by atoms with E-state index in [1.807, 2.05) is 12.1 Å². The van der Waals surface area contributed by atoms with E-state index in [0.717, 1.165) is 44.8 Å². The average molecular weight is 498 g/mol. The number of hydrogen-bond donors (Lipinski definition) is 2. The van der Waals surface area contributed by atoms with Crippen molar-refractivity contribution in [2.45, 2.75) is 57.0 Å². The van der Waals surface area contributed by atoms with Gasteiger partial charge in [0.05, 0.1) is 31.9 Å². The molecule has 3 heterocycles. The molecule has 2 saturated heterocycles. The zero-order valence-corrected chi connectivity index (χ0v) is 21.5. The quantitative estimate of drug-likeness (QED) is 0.585. The summed E-state index contributed by atoms with van der Waals surface area (Å²) < 4.78 is 13.0. The van der Waals surface area contributed by atoms with Crippen LogP contribution in [0.15, 0.2) is 18.2 Å². The third-order valence-corrected chi connectivity index (χ3v) is 8.62. The summed E-state index contributed by atoms with van der Waals surface area (Å²) in [5, 5.41) is 14.1. The fraction of sp³-hybridized carbons (Fsp3) is 0.643. The number of nitrogens with zero attached hydrogens (tertiary/aromatic N) is 2. The van der Waals surface area contributed by atoms with Crippen LogP contribution in [0, 0.1) is 11.8 Å². The maximum atomic E-state index is 13.4. The number of carbonyl (C=O) groups is 2. The first kappa shape index (κ1) is 25.2. The van der Waals surface area contributed by atoms with Gasteiger partial charge in [0.25, 0.3) is 5.91 Å². The molecule has 1 aromatic carbocycles. The number of nitrogens with one attached hydrogen (secondary N) is 1. The van der Waals surface area contributed by atoms with Crippen LogP contribution in [-0.2, 0) is 34.2 Å². The molecule has 2 N–H and O–H groups in total. The van der Waals surface area contributed by atoms with Crippen molar-refractivity contribution in [1.82, 2.24) is 14.8 Å². The number of fused-ring (bicyclic) bond motifs is 3. The summed E-state index contributed by atoms with van der Waals surface area (Å²) in [5.74, 6) is 1.19. The van der Waals surface area contributed by atoms with Crippen LogP contribution in [0.4, 0.5) is 0 Å². The largest absolute Gasteiger partial charge is 0.394 e. The molecule has 1 aliphatic carbocycles. The minimum Gasteiger partial charge on any atom is -0.394 e. The van der Waals surface area contributed by atoms with E-state index < -0.39 is 6.04 Å². The molecule has 196 valence electrons. The summed E-state index contributed by atoms with van der Waals surface area (Å²) in [5.41, 5.74) is 4.58. The van der Waals surface area contributed by atoms with E-state index in [4.69, 9.17) is 9.47 Å². The number of aliphatic hydroxyl groups excluding tert-OH is 1. The molecule has 2 aliphatic heterocycles. The van der Waals surface area contributed by atoms with Crippen LogP contribution in [0.1, 0.15) is 53.7 Å². The summed E-state index contributed by atoms with van der Waals surface area (Å²) in [6, 6.07) is 5.65. The first-order valence-corrected chi connectivity index (χ1v) is 13.4. The molecule has 2 amide bonds. The average Bonchev–Trinajstić information content (AvgIpc) is 3.17. The molecule has 0 saturated carbocycles. The van der Waals surface area contributed by atoms with Gasteiger partial charge in [0.15, 0.2) is 0 Å². The summed E-state index contributed by atoms with van der Waals surface area (Å²) in [7, 11) is 3.85. The van der Waals surface area contributed by atoms with Crippen LogP contribution in [0.25, 0.3) is 10.9 Å². The summed E-state index contributed by atoms with van der Waals surface area (Å²) in [4.78, 5) is 27.2. The molecular formula is C28H39N3O5. The van der Waals surface area contributed by atoms with E-state index in [1.54, 1.807) is 11.9 Å². The van der Waals surface area contributed by atoms with Crippen LogP contribution in [-0.4, -0.2) is 78.6 Å². The Bertz CT molecular complexity index is 1100. The van der Waals surface area contributed by atoms with E-state index in [1.165, 1.54) is 28.6 Å². The lowest BCUT2D eigenvalue weighted by Gasteiger charge is -2.33. The fourth-order valence-corrected chi connectivity index (χ4v) is 6.22. The molecule has 0 spiro atoms. The normalized spacial score (nSPS) is 21.6. The highest BCUT2D eigenvalue weighted by Gasteiger charge is 2.31. The zero-order valence-electron chi connectivity index (χ0n) is 21.5. The Hall–Kier alpha value is -2.42. The lowest BCUT2D eigenvalue weighted by Crippen LogP contribution is -2.49. The molecule has 8 nitrogen and oxygen atoms in total. The minimum atomic E-state index is -0.417. The van der Waals surface area contributed by atoms with Crippen molar-refractivity contribution in [1.29, 1.82) is 0 Å². The van der Waals surface area contributed by atoms with Crippen LogP contribution >= 0.6 is 0 Å². The van der Waals surface area contributed by atoms with Crippen LogP contribution in [0.2, 0.25) is 0 Å². The fourth-order valence-electron chi connectivity index (χ4n) is 6.22. The molecule has 1 aromatic heterocycles. The predicted molar refractivity (Wildman–Crippen MR) is 137 cm³/mol. The first-order valence-electron chi connectivity index (χ1n) is 13.4. The van der Waals surface area contributed by atoms with E-state index in [9.17, 15) is 14.7 Å². The number of aliphatic hydroxyl groups is 1. The van der Waals surface area contributed by atoms with E-state index >= 15 is 0 Å². The van der Waals surface area contributed by atoms with Gasteiger partial charge in [0, 0.05) is 55.9 Å². The van der Waals surface area contributed by atoms with Gasteiger partial charge in [-0.25, -0.2) is 0 Å². The van der Waals surface area contributed by atoms with Gasteiger partial charge >= 0.3 is 0 Å². The van der Waals surface area contributed by atoms with Crippen molar-refractivity contribution in [3.05, 3.63) is 35.0 Å². The Morgan fingerprint density at radius 2 is 1.94 bits per heavy atom. The number of hydrogen-bond acceptors (Lipinski definition) is 5. The van der Waals surface area contributed by atoms with Crippen LogP contribution in [0.5, 0.6) is 0 Å². The second kappa shape index (κ2) is 10.9. The molecule has 0 bridgehead atoms. The van der Waals surface area contributed by atoms with Gasteiger partial charge in [0.1, 0.15) is 0 Å². The standard InChI is InChI=1S/C28H39N3O5/c1-30(22(15-32)5-8-27(33)29-21-16-36-17-21)28(34)20-4-7-26-24(14-20)23-13-19(3-6-25(23)31(26)2)18-9-11-35-12-10-18/h4,7,14,18-19,21-22,32H,3,5-6,8-13,15-17H2,1-2H3,(H,29,33)/t19-,22+/m0/s1. The molecule has 8 heteroatoms. The Morgan fingerprint density at radius 1 is 1.17 bits per heavy atom. The van der Waals surface area contributed by atoms with Gasteiger partial charge in [-0.2, -0.15) is 0 Å². The third kappa shape index (κ3) is 5.04. The highest BCUT2D eigenvalue weighted by molar-refractivity contribution is 5.99. The van der Waals surface area contributed by atoms with Gasteiger partial charge in [-0.1, -0.05) is 0 Å². The smallest absolute Gasteiger partial charge is 0.253 e. The topological polar surface area (TPSA) is 93.0 Å². The van der Waals surface area contributed by atoms with E-state index in [-0.39, 0.29) is 30.9 Å². The van der Waals surface area contributed by atoms with Crippen molar-refractivity contribution in [2.24, 2.45) is 18.9 Å². The molecule has 3 aliphatic rings. The third-order valence-electron chi connectivity index (χ3n) is 8.62. The molecule has 0 unspecified atom stereocenters. The first-order chi connectivity index (χ1) is 17.5. The van der Waals surface area contributed by atoms with Gasteiger partial charge < -0.3 is 29.4 Å². The van der Waals surface area contributed by atoms with Crippen molar-refractivity contribution in [3.63, 3.8) is 0 Å². The Labute approximate surface area is 212 Å². The predicted octanol–water partition coefficient (Wildman–Crippen LogP) is 2.44. The lowest BCUT2D eigenvalue weighted by atomic mass is 9.75. The van der Waals surface area contributed by atoms with Gasteiger partial charge in [-0.15, -0.1) is 0 Å². The van der Waals surface area contributed by atoms with Gasteiger partial charge in [-0.3, -0.25) is 9.59 Å². The molecule has 5 rings (SSSR count). The molecule has 0 radical (unpaired) electrons. The number of benzene rings is 1. The van der Waals surface area contributed by atoms with E-state index in [0.29, 0.717) is 31.1 Å². The zero-order chi connectivity index (χ0) is 25.2. The molecule has 2 atom stereocenters. The van der Waals surface area contributed by atoms with Gasteiger partial charge in [-0.05, 0) is 74.1 Å². The monoisotopic (exact) mass is 497 g/mol. The van der Waals surface area contributed by atoms with Gasteiger partial charge in [0.2, 0.25) is 5.91 Å². The molecular weight excluding hydrogens is 458 g/mol. The van der Waals surface area contributed by atoms with Crippen molar-refractivity contribution < 1.29 is 24.2 Å². The minimum absolute atomic E-state index is 0.0704. The summed E-state index contributed by atoms with van der Waals surface area (Å²) >= 11 is 0. The van der Waals surface area contributed by atoms with Crippen molar-refractivity contribution in [2.75, 3.05) is 40.1 Å².